The van der Waals surface area contributed by atoms with Crippen molar-refractivity contribution in [3.05, 3.63) is 12.7 Å². The van der Waals surface area contributed by atoms with Gasteiger partial charge in [-0.15, -0.1) is 6.58 Å². The first-order valence-electron chi connectivity index (χ1n) is 2.84. The standard InChI is InChI=1S/C6H14N2/c1-3-4-8-5-6(2)7/h3,6,8H,1,4-5,7H2,2H3/t6-/m1/s1. The third-order valence-electron chi connectivity index (χ3n) is 0.755. The summed E-state index contributed by atoms with van der Waals surface area (Å²) in [6.07, 6.45) is 1.82. The first-order chi connectivity index (χ1) is 3.77. The third kappa shape index (κ3) is 5.66. The summed E-state index contributed by atoms with van der Waals surface area (Å²) >= 11 is 0. The highest BCUT2D eigenvalue weighted by atomic mass is 14.9. The van der Waals surface area contributed by atoms with Gasteiger partial charge >= 0.3 is 0 Å². The molecule has 0 aromatic rings. The molecule has 3 N–H and O–H groups in total. The normalized spacial score (nSPS) is 13.2. The minimum Gasteiger partial charge on any atom is -0.327 e. The van der Waals surface area contributed by atoms with Gasteiger partial charge in [0.1, 0.15) is 0 Å². The maximum atomic E-state index is 5.44. The van der Waals surface area contributed by atoms with Crippen LogP contribution in [0.3, 0.4) is 0 Å². The Balaban J connectivity index is 2.81. The Bertz CT molecular complexity index is 59.5. The lowest BCUT2D eigenvalue weighted by atomic mass is 10.4. The van der Waals surface area contributed by atoms with Crippen LogP contribution in [-0.4, -0.2) is 19.1 Å². The molecule has 0 aliphatic carbocycles. The Kier molecular flexibility index (Phi) is 4.61. The zero-order valence-corrected chi connectivity index (χ0v) is 5.35. The van der Waals surface area contributed by atoms with Gasteiger partial charge in [-0.2, -0.15) is 0 Å². The van der Waals surface area contributed by atoms with Gasteiger partial charge in [0.2, 0.25) is 0 Å². The lowest BCUT2D eigenvalue weighted by Gasteiger charge is -2.02. The summed E-state index contributed by atoms with van der Waals surface area (Å²) in [5.41, 5.74) is 5.44. The average molecular weight is 114 g/mol. The maximum absolute atomic E-state index is 5.44. The molecule has 0 aliphatic heterocycles. The van der Waals surface area contributed by atoms with Gasteiger partial charge in [-0.05, 0) is 6.92 Å². The van der Waals surface area contributed by atoms with E-state index >= 15 is 0 Å². The minimum absolute atomic E-state index is 0.245. The molecule has 0 aliphatic rings. The number of rotatable bonds is 4. The second kappa shape index (κ2) is 4.81. The third-order valence-corrected chi connectivity index (χ3v) is 0.755. The molecule has 0 aromatic carbocycles. The molecule has 0 rings (SSSR count). The van der Waals surface area contributed by atoms with Crippen molar-refractivity contribution in [3.63, 3.8) is 0 Å². The average Bonchev–Trinajstić information content (AvgIpc) is 1.66. The second-order valence-corrected chi connectivity index (χ2v) is 1.92. The molecule has 0 heterocycles. The molecular formula is C6H14N2. The first-order valence-corrected chi connectivity index (χ1v) is 2.84. The van der Waals surface area contributed by atoms with Crippen molar-refractivity contribution in [1.29, 1.82) is 0 Å². The Morgan fingerprint density at radius 2 is 2.50 bits per heavy atom. The van der Waals surface area contributed by atoms with E-state index in [-0.39, 0.29) is 6.04 Å². The van der Waals surface area contributed by atoms with Gasteiger partial charge < -0.3 is 11.1 Å². The Labute approximate surface area is 50.8 Å². The predicted molar refractivity (Wildman–Crippen MR) is 36.7 cm³/mol. The van der Waals surface area contributed by atoms with Gasteiger partial charge in [-0.1, -0.05) is 6.08 Å². The summed E-state index contributed by atoms with van der Waals surface area (Å²) in [7, 11) is 0. The van der Waals surface area contributed by atoms with Crippen molar-refractivity contribution in [2.45, 2.75) is 13.0 Å². The molecule has 2 nitrogen and oxygen atoms in total. The highest BCUT2D eigenvalue weighted by molar-refractivity contribution is 4.70. The number of nitrogens with two attached hydrogens (primary N) is 1. The zero-order chi connectivity index (χ0) is 6.41. The summed E-state index contributed by atoms with van der Waals surface area (Å²) in [6, 6.07) is 0.245. The first kappa shape index (κ1) is 7.66. The van der Waals surface area contributed by atoms with Gasteiger partial charge in [0.15, 0.2) is 0 Å². The molecule has 0 radical (unpaired) electrons. The SMILES string of the molecule is C=CCNC[C@@H](C)N. The van der Waals surface area contributed by atoms with E-state index in [0.29, 0.717) is 0 Å². The number of nitrogens with one attached hydrogen (secondary N) is 1. The topological polar surface area (TPSA) is 38.0 Å². The fraction of sp³-hybridized carbons (Fsp3) is 0.667. The molecule has 8 heavy (non-hydrogen) atoms. The summed E-state index contributed by atoms with van der Waals surface area (Å²) in [5.74, 6) is 0. The van der Waals surface area contributed by atoms with Crippen LogP contribution in [0.25, 0.3) is 0 Å². The van der Waals surface area contributed by atoms with Crippen LogP contribution in [0, 0.1) is 0 Å². The van der Waals surface area contributed by atoms with E-state index in [0.717, 1.165) is 13.1 Å². The van der Waals surface area contributed by atoms with Crippen LogP contribution in [0.2, 0.25) is 0 Å². The van der Waals surface area contributed by atoms with Crippen LogP contribution in [0.4, 0.5) is 0 Å². The molecule has 0 spiro atoms. The maximum Gasteiger partial charge on any atom is 0.0136 e. The lowest BCUT2D eigenvalue weighted by molar-refractivity contribution is 0.642. The van der Waals surface area contributed by atoms with Crippen molar-refractivity contribution < 1.29 is 0 Å². The van der Waals surface area contributed by atoms with Gasteiger partial charge in [0.05, 0.1) is 0 Å². The molecule has 0 saturated carbocycles. The van der Waals surface area contributed by atoms with Gasteiger partial charge in [0.25, 0.3) is 0 Å². The lowest BCUT2D eigenvalue weighted by Crippen LogP contribution is -2.30. The monoisotopic (exact) mass is 114 g/mol. The highest BCUT2D eigenvalue weighted by Crippen LogP contribution is 1.68. The number of hydrogen-bond donors (Lipinski definition) is 2. The van der Waals surface area contributed by atoms with Crippen molar-refractivity contribution >= 4 is 0 Å². The smallest absolute Gasteiger partial charge is 0.0136 e. The Morgan fingerprint density at radius 3 is 2.88 bits per heavy atom. The van der Waals surface area contributed by atoms with Crippen LogP contribution < -0.4 is 11.1 Å². The van der Waals surface area contributed by atoms with E-state index in [2.05, 4.69) is 11.9 Å². The molecular weight excluding hydrogens is 100 g/mol. The fourth-order valence-corrected chi connectivity index (χ4v) is 0.413. The van der Waals surface area contributed by atoms with E-state index in [1.165, 1.54) is 0 Å². The van der Waals surface area contributed by atoms with Crippen molar-refractivity contribution in [2.75, 3.05) is 13.1 Å². The highest BCUT2D eigenvalue weighted by Gasteiger charge is 1.87. The van der Waals surface area contributed by atoms with Gasteiger partial charge in [-0.25, -0.2) is 0 Å². The van der Waals surface area contributed by atoms with E-state index in [1.807, 2.05) is 13.0 Å². The van der Waals surface area contributed by atoms with Crippen LogP contribution in [0.5, 0.6) is 0 Å². The quantitative estimate of drug-likeness (QED) is 0.402. The minimum atomic E-state index is 0.245. The van der Waals surface area contributed by atoms with Crippen molar-refractivity contribution in [2.24, 2.45) is 5.73 Å². The Hall–Kier alpha value is -0.340. The molecule has 0 amide bonds. The molecule has 0 aromatic heterocycles. The molecule has 0 fully saturated rings. The number of hydrogen-bond acceptors (Lipinski definition) is 2. The molecule has 1 atom stereocenters. The largest absolute Gasteiger partial charge is 0.327 e. The van der Waals surface area contributed by atoms with E-state index in [1.54, 1.807) is 0 Å². The predicted octanol–water partition coefficient (Wildman–Crippen LogP) is 0.109. The van der Waals surface area contributed by atoms with Crippen LogP contribution >= 0.6 is 0 Å². The second-order valence-electron chi connectivity index (χ2n) is 1.92. The summed E-state index contributed by atoms with van der Waals surface area (Å²) < 4.78 is 0. The van der Waals surface area contributed by atoms with Gasteiger partial charge in [-0.3, -0.25) is 0 Å². The molecule has 48 valence electrons. The van der Waals surface area contributed by atoms with Gasteiger partial charge in [0, 0.05) is 19.1 Å². The zero-order valence-electron chi connectivity index (χ0n) is 5.35. The van der Waals surface area contributed by atoms with Crippen LogP contribution in [-0.2, 0) is 0 Å². The van der Waals surface area contributed by atoms with E-state index in [4.69, 9.17) is 5.73 Å². The van der Waals surface area contributed by atoms with E-state index < -0.39 is 0 Å². The van der Waals surface area contributed by atoms with Crippen LogP contribution in [0.1, 0.15) is 6.92 Å². The molecule has 2 heteroatoms. The summed E-state index contributed by atoms with van der Waals surface area (Å²) in [6.45, 7) is 7.24. The molecule has 0 unspecified atom stereocenters. The van der Waals surface area contributed by atoms with Crippen LogP contribution in [0.15, 0.2) is 12.7 Å². The van der Waals surface area contributed by atoms with E-state index in [9.17, 15) is 0 Å². The molecule has 0 saturated heterocycles. The van der Waals surface area contributed by atoms with Crippen molar-refractivity contribution in [1.82, 2.24) is 5.32 Å². The fourth-order valence-electron chi connectivity index (χ4n) is 0.413. The summed E-state index contributed by atoms with van der Waals surface area (Å²) in [4.78, 5) is 0. The Morgan fingerprint density at radius 1 is 1.88 bits per heavy atom. The van der Waals surface area contributed by atoms with Crippen molar-refractivity contribution in [3.8, 4) is 0 Å². The molecule has 0 bridgehead atoms. The summed E-state index contributed by atoms with van der Waals surface area (Å²) in [5, 5.41) is 3.09.